The van der Waals surface area contributed by atoms with Crippen molar-refractivity contribution in [3.05, 3.63) is 65.7 Å². The largest absolute Gasteiger partial charge is 0.497 e. The molecule has 0 radical (unpaired) electrons. The van der Waals surface area contributed by atoms with Gasteiger partial charge in [-0.2, -0.15) is 0 Å². The molecule has 0 saturated carbocycles. The number of hydrogen-bond donors (Lipinski definition) is 1. The van der Waals surface area contributed by atoms with Crippen molar-refractivity contribution in [2.75, 3.05) is 13.7 Å². The highest BCUT2D eigenvalue weighted by atomic mass is 35.5. The van der Waals surface area contributed by atoms with Gasteiger partial charge in [-0.25, -0.2) is 0 Å². The number of nitrogens with one attached hydrogen (secondary N) is 1. The molecule has 102 valence electrons. The summed E-state index contributed by atoms with van der Waals surface area (Å²) >= 11 is 0. The number of ether oxygens (including phenoxy) is 1. The van der Waals surface area contributed by atoms with Crippen LogP contribution in [0.3, 0.4) is 0 Å². The van der Waals surface area contributed by atoms with Crippen LogP contribution in [0.5, 0.6) is 5.75 Å². The number of methoxy groups -OCH3 is 1. The zero-order valence-electron chi connectivity index (χ0n) is 11.1. The van der Waals surface area contributed by atoms with E-state index in [1.54, 1.807) is 7.11 Å². The second-order valence-electron chi connectivity index (χ2n) is 4.26. The van der Waals surface area contributed by atoms with Gasteiger partial charge in [-0.1, -0.05) is 42.5 Å². The van der Waals surface area contributed by atoms with Crippen LogP contribution < -0.4 is 10.1 Å². The Morgan fingerprint density at radius 1 is 0.895 bits per heavy atom. The van der Waals surface area contributed by atoms with E-state index in [1.807, 2.05) is 18.2 Å². The Balaban J connectivity index is 0.00000180. The lowest BCUT2D eigenvalue weighted by atomic mass is 10.1. The third-order valence-corrected chi connectivity index (χ3v) is 2.92. The van der Waals surface area contributed by atoms with Crippen LogP contribution in [0.2, 0.25) is 0 Å². The summed E-state index contributed by atoms with van der Waals surface area (Å²) in [5.41, 5.74) is 2.66. The van der Waals surface area contributed by atoms with Crippen molar-refractivity contribution in [1.82, 2.24) is 5.32 Å². The summed E-state index contributed by atoms with van der Waals surface area (Å²) in [5, 5.41) is 3.45. The van der Waals surface area contributed by atoms with E-state index in [4.69, 9.17) is 4.74 Å². The lowest BCUT2D eigenvalue weighted by Crippen LogP contribution is -2.16. The molecule has 2 aromatic carbocycles. The summed E-state index contributed by atoms with van der Waals surface area (Å²) < 4.78 is 5.13. The molecule has 0 aliphatic rings. The highest BCUT2D eigenvalue weighted by molar-refractivity contribution is 5.85. The molecule has 0 unspecified atom stereocenters. The van der Waals surface area contributed by atoms with E-state index < -0.39 is 0 Å². The van der Waals surface area contributed by atoms with E-state index in [0.717, 1.165) is 25.3 Å². The zero-order chi connectivity index (χ0) is 12.6. The Labute approximate surface area is 121 Å². The molecule has 2 aromatic rings. The van der Waals surface area contributed by atoms with Gasteiger partial charge in [-0.05, 0) is 36.2 Å². The average molecular weight is 278 g/mol. The smallest absolute Gasteiger partial charge is 0.118 e. The first kappa shape index (κ1) is 15.5. The van der Waals surface area contributed by atoms with Crippen LogP contribution in [0.1, 0.15) is 11.1 Å². The average Bonchev–Trinajstić information content (AvgIpc) is 2.45. The molecule has 1 N–H and O–H groups in total. The van der Waals surface area contributed by atoms with Gasteiger partial charge in [-0.15, -0.1) is 12.4 Å². The first-order chi connectivity index (χ1) is 8.88. The molecule has 0 fully saturated rings. The highest BCUT2D eigenvalue weighted by Gasteiger charge is 1.95. The Kier molecular flexibility index (Phi) is 7.01. The molecule has 19 heavy (non-hydrogen) atoms. The van der Waals surface area contributed by atoms with Crippen molar-refractivity contribution in [3.63, 3.8) is 0 Å². The van der Waals surface area contributed by atoms with E-state index >= 15 is 0 Å². The van der Waals surface area contributed by atoms with Crippen molar-refractivity contribution < 1.29 is 4.74 Å². The quantitative estimate of drug-likeness (QED) is 0.817. The standard InChI is InChI=1S/C16H19NO.ClH/c1-18-16-9-7-15(8-10-16)13-17-12-11-14-5-3-2-4-6-14;/h2-10,17H,11-13H2,1H3;1H. The second kappa shape index (κ2) is 8.57. The van der Waals surface area contributed by atoms with Crippen LogP contribution >= 0.6 is 12.4 Å². The number of benzene rings is 2. The van der Waals surface area contributed by atoms with E-state index in [9.17, 15) is 0 Å². The SMILES string of the molecule is COc1ccc(CNCCc2ccccc2)cc1.Cl. The molecule has 0 amide bonds. The normalized spacial score (nSPS) is 9.74. The highest BCUT2D eigenvalue weighted by Crippen LogP contribution is 2.10. The summed E-state index contributed by atoms with van der Waals surface area (Å²) in [6.07, 6.45) is 1.07. The molecule has 0 heterocycles. The van der Waals surface area contributed by atoms with Gasteiger partial charge >= 0.3 is 0 Å². The van der Waals surface area contributed by atoms with Crippen LogP contribution in [0, 0.1) is 0 Å². The maximum atomic E-state index is 5.13. The minimum absolute atomic E-state index is 0. The Bertz CT molecular complexity index is 456. The molecule has 0 aromatic heterocycles. The lowest BCUT2D eigenvalue weighted by molar-refractivity contribution is 0.414. The molecule has 0 aliphatic heterocycles. The Morgan fingerprint density at radius 2 is 1.58 bits per heavy atom. The van der Waals surface area contributed by atoms with Gasteiger partial charge in [0.2, 0.25) is 0 Å². The molecule has 2 nitrogen and oxygen atoms in total. The summed E-state index contributed by atoms with van der Waals surface area (Å²) in [4.78, 5) is 0. The maximum absolute atomic E-state index is 5.13. The van der Waals surface area contributed by atoms with Gasteiger partial charge in [0, 0.05) is 6.54 Å². The fourth-order valence-corrected chi connectivity index (χ4v) is 1.85. The molecule has 0 saturated heterocycles. The van der Waals surface area contributed by atoms with Crippen molar-refractivity contribution >= 4 is 12.4 Å². The van der Waals surface area contributed by atoms with Crippen LogP contribution in [0.25, 0.3) is 0 Å². The number of hydrogen-bond acceptors (Lipinski definition) is 2. The van der Waals surface area contributed by atoms with Crippen LogP contribution in [0.4, 0.5) is 0 Å². The fraction of sp³-hybridized carbons (Fsp3) is 0.250. The summed E-state index contributed by atoms with van der Waals surface area (Å²) in [5.74, 6) is 0.906. The van der Waals surface area contributed by atoms with E-state index in [2.05, 4.69) is 41.7 Å². The lowest BCUT2D eigenvalue weighted by Gasteiger charge is -2.06. The van der Waals surface area contributed by atoms with Crippen LogP contribution in [-0.4, -0.2) is 13.7 Å². The van der Waals surface area contributed by atoms with Crippen LogP contribution in [0.15, 0.2) is 54.6 Å². The van der Waals surface area contributed by atoms with E-state index in [1.165, 1.54) is 11.1 Å². The van der Waals surface area contributed by atoms with Crippen molar-refractivity contribution in [3.8, 4) is 5.75 Å². The molecular weight excluding hydrogens is 258 g/mol. The first-order valence-corrected chi connectivity index (χ1v) is 6.26. The second-order valence-corrected chi connectivity index (χ2v) is 4.26. The minimum atomic E-state index is 0. The monoisotopic (exact) mass is 277 g/mol. The molecule has 0 aliphatic carbocycles. The molecule has 0 bridgehead atoms. The zero-order valence-corrected chi connectivity index (χ0v) is 12.0. The van der Waals surface area contributed by atoms with Gasteiger partial charge in [0.05, 0.1) is 7.11 Å². The topological polar surface area (TPSA) is 21.3 Å². The third kappa shape index (κ3) is 5.33. The summed E-state index contributed by atoms with van der Waals surface area (Å²) in [6, 6.07) is 18.7. The number of rotatable bonds is 6. The predicted octanol–water partition coefficient (Wildman–Crippen LogP) is 3.45. The first-order valence-electron chi connectivity index (χ1n) is 6.26. The predicted molar refractivity (Wildman–Crippen MR) is 82.1 cm³/mol. The van der Waals surface area contributed by atoms with Gasteiger partial charge < -0.3 is 10.1 Å². The van der Waals surface area contributed by atoms with Gasteiger partial charge in [-0.3, -0.25) is 0 Å². The summed E-state index contributed by atoms with van der Waals surface area (Å²) in [7, 11) is 1.69. The van der Waals surface area contributed by atoms with Crippen LogP contribution in [-0.2, 0) is 13.0 Å². The molecule has 0 spiro atoms. The summed E-state index contributed by atoms with van der Waals surface area (Å²) in [6.45, 7) is 1.90. The van der Waals surface area contributed by atoms with Crippen molar-refractivity contribution in [2.45, 2.75) is 13.0 Å². The number of halogens is 1. The third-order valence-electron chi connectivity index (χ3n) is 2.92. The van der Waals surface area contributed by atoms with Crippen molar-refractivity contribution in [1.29, 1.82) is 0 Å². The van der Waals surface area contributed by atoms with Gasteiger partial charge in [0.1, 0.15) is 5.75 Å². The van der Waals surface area contributed by atoms with E-state index in [0.29, 0.717) is 0 Å². The molecule has 0 atom stereocenters. The Morgan fingerprint density at radius 3 is 2.21 bits per heavy atom. The minimum Gasteiger partial charge on any atom is -0.497 e. The fourth-order valence-electron chi connectivity index (χ4n) is 1.85. The molecular formula is C16H20ClNO. The maximum Gasteiger partial charge on any atom is 0.118 e. The molecule has 3 heteroatoms. The Hall–Kier alpha value is -1.51. The van der Waals surface area contributed by atoms with Crippen molar-refractivity contribution in [2.24, 2.45) is 0 Å². The van der Waals surface area contributed by atoms with E-state index in [-0.39, 0.29) is 12.4 Å². The van der Waals surface area contributed by atoms with Gasteiger partial charge in [0.15, 0.2) is 0 Å². The molecule has 2 rings (SSSR count). The van der Waals surface area contributed by atoms with Gasteiger partial charge in [0.25, 0.3) is 0 Å².